The van der Waals surface area contributed by atoms with Crippen LogP contribution in [0.4, 0.5) is 0 Å². The lowest BCUT2D eigenvalue weighted by molar-refractivity contribution is -0.141. The molecule has 0 amide bonds. The van der Waals surface area contributed by atoms with Crippen molar-refractivity contribution in [3.8, 4) is 5.75 Å². The van der Waals surface area contributed by atoms with Crippen molar-refractivity contribution in [3.05, 3.63) is 64.7 Å². The number of aromatic hydroxyl groups is 1. The van der Waals surface area contributed by atoms with Crippen molar-refractivity contribution in [3.63, 3.8) is 0 Å². The van der Waals surface area contributed by atoms with Crippen LogP contribution in [-0.2, 0) is 21.0 Å². The number of phenolic OH excluding ortho intramolecular Hbond substituents is 1. The van der Waals surface area contributed by atoms with Gasteiger partial charge < -0.3 is 14.7 Å². The van der Waals surface area contributed by atoms with Gasteiger partial charge in [-0.05, 0) is 47.5 Å². The molecule has 0 fully saturated rings. The number of ether oxygens (including phenoxy) is 1. The second kappa shape index (κ2) is 9.08. The highest BCUT2D eigenvalue weighted by atomic mass is 35.5. The number of esters is 1. The minimum absolute atomic E-state index is 0.158. The fourth-order valence-electron chi connectivity index (χ4n) is 2.25. The number of carbonyl (C=O) groups is 1. The van der Waals surface area contributed by atoms with Crippen LogP contribution in [0.2, 0.25) is 5.02 Å². The number of halogens is 1. The van der Waals surface area contributed by atoms with Crippen LogP contribution < -0.4 is 0 Å². The zero-order chi connectivity index (χ0) is 18.2. The first kappa shape index (κ1) is 18.8. The van der Waals surface area contributed by atoms with Crippen LogP contribution >= 0.6 is 11.6 Å². The molecule has 0 radical (unpaired) electrons. The van der Waals surface area contributed by atoms with E-state index < -0.39 is 0 Å². The predicted molar refractivity (Wildman–Crippen MR) is 96.7 cm³/mol. The first-order valence-corrected chi connectivity index (χ1v) is 8.18. The van der Waals surface area contributed by atoms with E-state index in [1.165, 1.54) is 7.11 Å². The van der Waals surface area contributed by atoms with E-state index in [0.29, 0.717) is 10.7 Å². The molecule has 0 spiro atoms. The molecule has 1 atom stereocenters. The maximum atomic E-state index is 11.6. The molecular formula is C19H20ClNO4. The van der Waals surface area contributed by atoms with Gasteiger partial charge in [-0.3, -0.25) is 4.79 Å². The molecule has 2 rings (SSSR count). The minimum Gasteiger partial charge on any atom is -0.508 e. The highest BCUT2D eigenvalue weighted by Gasteiger charge is 2.18. The Hall–Kier alpha value is -2.53. The van der Waals surface area contributed by atoms with Crippen LogP contribution in [-0.4, -0.2) is 23.9 Å². The van der Waals surface area contributed by atoms with Gasteiger partial charge in [0.2, 0.25) is 0 Å². The molecule has 0 heterocycles. The lowest BCUT2D eigenvalue weighted by atomic mass is 9.95. The fourth-order valence-corrected chi connectivity index (χ4v) is 2.37. The summed E-state index contributed by atoms with van der Waals surface area (Å²) in [5.74, 6) is -0.371. The minimum atomic E-state index is -0.323. The van der Waals surface area contributed by atoms with Gasteiger partial charge in [0.25, 0.3) is 0 Å². The Morgan fingerprint density at radius 2 is 1.80 bits per heavy atom. The number of benzene rings is 2. The topological polar surface area (TPSA) is 68.1 Å². The second-order valence-electron chi connectivity index (χ2n) is 5.60. The van der Waals surface area contributed by atoms with E-state index >= 15 is 0 Å². The molecule has 0 saturated heterocycles. The average Bonchev–Trinajstić information content (AvgIpc) is 2.61. The van der Waals surface area contributed by atoms with Gasteiger partial charge in [-0.2, -0.15) is 0 Å². The van der Waals surface area contributed by atoms with E-state index in [0.717, 1.165) is 11.1 Å². The molecule has 25 heavy (non-hydrogen) atoms. The number of hydrogen-bond acceptors (Lipinski definition) is 5. The first-order chi connectivity index (χ1) is 12.0. The summed E-state index contributed by atoms with van der Waals surface area (Å²) in [5.41, 5.74) is 2.31. The summed E-state index contributed by atoms with van der Waals surface area (Å²) in [6, 6.07) is 13.9. The molecule has 6 heteroatoms. The largest absolute Gasteiger partial charge is 0.508 e. The molecule has 1 N–H and O–H groups in total. The van der Waals surface area contributed by atoms with E-state index in [-0.39, 0.29) is 30.7 Å². The number of oxime groups is 1. The van der Waals surface area contributed by atoms with Gasteiger partial charge in [0.15, 0.2) is 0 Å². The third-order valence-electron chi connectivity index (χ3n) is 3.64. The van der Waals surface area contributed by atoms with Crippen molar-refractivity contribution in [2.45, 2.75) is 20.0 Å². The van der Waals surface area contributed by atoms with E-state index in [1.807, 2.05) is 19.1 Å². The van der Waals surface area contributed by atoms with Crippen LogP contribution in [0.25, 0.3) is 0 Å². The van der Waals surface area contributed by atoms with Crippen molar-refractivity contribution in [2.24, 2.45) is 11.1 Å². The van der Waals surface area contributed by atoms with Crippen molar-refractivity contribution >= 4 is 23.3 Å². The van der Waals surface area contributed by atoms with Crippen LogP contribution in [0.1, 0.15) is 24.5 Å². The SMILES string of the molecule is COC(=O)CC(C)C(=NOCc1ccc(Cl)cc1)c1ccc(O)cc1. The fraction of sp³-hybridized carbons (Fsp3) is 0.263. The summed E-state index contributed by atoms with van der Waals surface area (Å²) in [6.07, 6.45) is 0.181. The normalized spacial score (nSPS) is 12.5. The molecule has 0 aliphatic heterocycles. The Labute approximate surface area is 151 Å². The Morgan fingerprint density at radius 3 is 2.40 bits per heavy atom. The molecule has 2 aromatic carbocycles. The summed E-state index contributed by atoms with van der Waals surface area (Å²) in [4.78, 5) is 17.0. The van der Waals surface area contributed by atoms with Crippen LogP contribution in [0.5, 0.6) is 5.75 Å². The van der Waals surface area contributed by atoms with Gasteiger partial charge in [0.05, 0.1) is 19.2 Å². The number of carbonyl (C=O) groups excluding carboxylic acids is 1. The van der Waals surface area contributed by atoms with E-state index in [4.69, 9.17) is 21.2 Å². The molecule has 132 valence electrons. The standard InChI is InChI=1S/C19H20ClNO4/c1-13(11-18(23)24-2)19(15-5-9-17(22)10-6-15)21-25-12-14-3-7-16(20)8-4-14/h3-10,13,22H,11-12H2,1-2H3. The monoisotopic (exact) mass is 361 g/mol. The zero-order valence-electron chi connectivity index (χ0n) is 14.1. The summed E-state index contributed by atoms with van der Waals surface area (Å²) in [6.45, 7) is 2.15. The molecular weight excluding hydrogens is 342 g/mol. The lowest BCUT2D eigenvalue weighted by Gasteiger charge is -2.14. The third kappa shape index (κ3) is 5.80. The second-order valence-corrected chi connectivity index (χ2v) is 6.04. The molecule has 1 unspecified atom stereocenters. The maximum Gasteiger partial charge on any atom is 0.306 e. The number of nitrogens with zero attached hydrogens (tertiary/aromatic N) is 1. The number of methoxy groups -OCH3 is 1. The predicted octanol–water partition coefficient (Wildman–Crippen LogP) is 4.17. The number of hydrogen-bond donors (Lipinski definition) is 1. The number of rotatable bonds is 7. The van der Waals surface area contributed by atoms with Crippen molar-refractivity contribution < 1.29 is 19.5 Å². The van der Waals surface area contributed by atoms with Crippen molar-refractivity contribution in [2.75, 3.05) is 7.11 Å². The van der Waals surface area contributed by atoms with Gasteiger partial charge >= 0.3 is 5.97 Å². The highest BCUT2D eigenvalue weighted by molar-refractivity contribution is 6.30. The van der Waals surface area contributed by atoms with Gasteiger partial charge in [-0.15, -0.1) is 0 Å². The molecule has 5 nitrogen and oxygen atoms in total. The van der Waals surface area contributed by atoms with Crippen molar-refractivity contribution in [1.29, 1.82) is 0 Å². The van der Waals surface area contributed by atoms with Crippen LogP contribution in [0.3, 0.4) is 0 Å². The van der Waals surface area contributed by atoms with Gasteiger partial charge in [-0.25, -0.2) is 0 Å². The van der Waals surface area contributed by atoms with Crippen LogP contribution in [0.15, 0.2) is 53.7 Å². The maximum absolute atomic E-state index is 11.6. The number of phenols is 1. The Bertz CT molecular complexity index is 726. The molecule has 0 saturated carbocycles. The average molecular weight is 362 g/mol. The third-order valence-corrected chi connectivity index (χ3v) is 3.89. The lowest BCUT2D eigenvalue weighted by Crippen LogP contribution is -2.18. The summed E-state index contributed by atoms with van der Waals surface area (Å²) < 4.78 is 4.72. The Morgan fingerprint density at radius 1 is 1.16 bits per heavy atom. The zero-order valence-corrected chi connectivity index (χ0v) is 14.9. The van der Waals surface area contributed by atoms with E-state index in [2.05, 4.69) is 5.16 Å². The van der Waals surface area contributed by atoms with Gasteiger partial charge in [0.1, 0.15) is 12.4 Å². The van der Waals surface area contributed by atoms with Crippen molar-refractivity contribution in [1.82, 2.24) is 0 Å². The highest BCUT2D eigenvalue weighted by Crippen LogP contribution is 2.18. The summed E-state index contributed by atoms with van der Waals surface area (Å²) >= 11 is 5.86. The first-order valence-electron chi connectivity index (χ1n) is 7.80. The Balaban J connectivity index is 2.15. The summed E-state index contributed by atoms with van der Waals surface area (Å²) in [5, 5.41) is 14.3. The van der Waals surface area contributed by atoms with Gasteiger partial charge in [-0.1, -0.05) is 35.8 Å². The quantitative estimate of drug-likeness (QED) is 0.456. The molecule has 0 bridgehead atoms. The molecule has 2 aromatic rings. The smallest absolute Gasteiger partial charge is 0.306 e. The van der Waals surface area contributed by atoms with Gasteiger partial charge in [0, 0.05) is 10.9 Å². The van der Waals surface area contributed by atoms with E-state index in [9.17, 15) is 9.90 Å². The van der Waals surface area contributed by atoms with Crippen LogP contribution in [0, 0.1) is 5.92 Å². The molecule has 0 aliphatic rings. The molecule has 0 aliphatic carbocycles. The molecule has 0 aromatic heterocycles. The summed E-state index contributed by atoms with van der Waals surface area (Å²) in [7, 11) is 1.35. The Kier molecular flexibility index (Phi) is 6.83. The van der Waals surface area contributed by atoms with E-state index in [1.54, 1.807) is 36.4 Å².